The lowest BCUT2D eigenvalue weighted by Crippen LogP contribution is -2.13. The molecule has 2 aromatic rings. The molecule has 3 N–H and O–H groups in total. The van der Waals surface area contributed by atoms with Gasteiger partial charge in [0.15, 0.2) is 11.6 Å². The third-order valence-electron chi connectivity index (χ3n) is 2.70. The highest BCUT2D eigenvalue weighted by Gasteiger charge is 2.08. The van der Waals surface area contributed by atoms with Gasteiger partial charge in [0, 0.05) is 6.04 Å². The minimum atomic E-state index is -0.609. The van der Waals surface area contributed by atoms with Crippen molar-refractivity contribution >= 4 is 0 Å². The van der Waals surface area contributed by atoms with Gasteiger partial charge in [-0.05, 0) is 29.7 Å². The molecule has 0 spiro atoms. The number of hydrogen-bond acceptors (Lipinski definition) is 2. The van der Waals surface area contributed by atoms with Crippen LogP contribution in [0.2, 0.25) is 0 Å². The molecule has 2 nitrogen and oxygen atoms in total. The highest BCUT2D eigenvalue weighted by atomic mass is 19.1. The van der Waals surface area contributed by atoms with Gasteiger partial charge in [-0.1, -0.05) is 36.4 Å². The Morgan fingerprint density at radius 3 is 2.47 bits per heavy atom. The predicted octanol–water partition coefficient (Wildman–Crippen LogP) is 2.77. The van der Waals surface area contributed by atoms with Crippen molar-refractivity contribution < 1.29 is 9.50 Å². The quantitative estimate of drug-likeness (QED) is 0.853. The van der Waals surface area contributed by atoms with Crippen LogP contribution in [0, 0.1) is 5.82 Å². The van der Waals surface area contributed by atoms with Crippen molar-refractivity contribution in [3.8, 4) is 5.75 Å². The van der Waals surface area contributed by atoms with E-state index in [0.717, 1.165) is 11.1 Å². The van der Waals surface area contributed by atoms with Gasteiger partial charge in [0.25, 0.3) is 0 Å². The van der Waals surface area contributed by atoms with Crippen LogP contribution >= 0.6 is 0 Å². The Kier molecular flexibility index (Phi) is 3.40. The second kappa shape index (κ2) is 4.97. The highest BCUT2D eigenvalue weighted by Crippen LogP contribution is 2.20. The molecule has 88 valence electrons. The maximum absolute atomic E-state index is 13.1. The van der Waals surface area contributed by atoms with Crippen molar-refractivity contribution in [2.75, 3.05) is 0 Å². The van der Waals surface area contributed by atoms with E-state index >= 15 is 0 Å². The van der Waals surface area contributed by atoms with Gasteiger partial charge in [0.05, 0.1) is 0 Å². The summed E-state index contributed by atoms with van der Waals surface area (Å²) in [6, 6.07) is 13.8. The van der Waals surface area contributed by atoms with Crippen LogP contribution in [-0.2, 0) is 6.42 Å². The fourth-order valence-electron chi connectivity index (χ4n) is 1.75. The summed E-state index contributed by atoms with van der Waals surface area (Å²) in [7, 11) is 0. The molecule has 0 saturated heterocycles. The van der Waals surface area contributed by atoms with Crippen LogP contribution in [0.4, 0.5) is 4.39 Å². The van der Waals surface area contributed by atoms with Crippen LogP contribution in [0.25, 0.3) is 0 Å². The first-order valence-corrected chi connectivity index (χ1v) is 5.45. The van der Waals surface area contributed by atoms with E-state index in [1.807, 2.05) is 30.3 Å². The van der Waals surface area contributed by atoms with E-state index in [0.29, 0.717) is 6.42 Å². The fourth-order valence-corrected chi connectivity index (χ4v) is 1.75. The molecule has 1 atom stereocenters. The van der Waals surface area contributed by atoms with Gasteiger partial charge < -0.3 is 10.8 Å². The molecule has 0 radical (unpaired) electrons. The Balaban J connectivity index is 2.13. The van der Waals surface area contributed by atoms with Gasteiger partial charge in [-0.3, -0.25) is 0 Å². The Morgan fingerprint density at radius 1 is 1.12 bits per heavy atom. The molecule has 2 aromatic carbocycles. The summed E-state index contributed by atoms with van der Waals surface area (Å²) in [5.41, 5.74) is 7.82. The molecule has 1 unspecified atom stereocenters. The number of halogens is 1. The molecule has 0 saturated carbocycles. The number of benzene rings is 2. The molecule has 0 amide bonds. The molecule has 0 aromatic heterocycles. The SMILES string of the molecule is NC(Cc1ccc(O)c(F)c1)c1ccccc1. The third kappa shape index (κ3) is 2.82. The lowest BCUT2D eigenvalue weighted by molar-refractivity contribution is 0.431. The predicted molar refractivity (Wildman–Crippen MR) is 65.1 cm³/mol. The summed E-state index contributed by atoms with van der Waals surface area (Å²) < 4.78 is 13.1. The summed E-state index contributed by atoms with van der Waals surface area (Å²) >= 11 is 0. The van der Waals surface area contributed by atoms with Crippen LogP contribution in [0.15, 0.2) is 48.5 Å². The Morgan fingerprint density at radius 2 is 1.82 bits per heavy atom. The third-order valence-corrected chi connectivity index (χ3v) is 2.70. The molecule has 0 aliphatic carbocycles. The largest absolute Gasteiger partial charge is 0.505 e. The number of nitrogens with two attached hydrogens (primary N) is 1. The minimum Gasteiger partial charge on any atom is -0.505 e. The van der Waals surface area contributed by atoms with Crippen LogP contribution in [0.3, 0.4) is 0 Å². The van der Waals surface area contributed by atoms with Crippen molar-refractivity contribution in [2.45, 2.75) is 12.5 Å². The maximum atomic E-state index is 13.1. The number of rotatable bonds is 3. The summed E-state index contributed by atoms with van der Waals surface area (Å²) in [5, 5.41) is 9.09. The number of aromatic hydroxyl groups is 1. The smallest absolute Gasteiger partial charge is 0.165 e. The first-order valence-electron chi connectivity index (χ1n) is 5.45. The van der Waals surface area contributed by atoms with Crippen molar-refractivity contribution in [3.63, 3.8) is 0 Å². The second-order valence-corrected chi connectivity index (χ2v) is 4.01. The zero-order chi connectivity index (χ0) is 12.3. The molecule has 0 fully saturated rings. The fraction of sp³-hybridized carbons (Fsp3) is 0.143. The van der Waals surface area contributed by atoms with Crippen LogP contribution in [0.5, 0.6) is 5.75 Å². The average molecular weight is 231 g/mol. The first-order chi connectivity index (χ1) is 8.16. The summed E-state index contributed by atoms with van der Waals surface area (Å²) in [4.78, 5) is 0. The van der Waals surface area contributed by atoms with E-state index in [9.17, 15) is 4.39 Å². The van der Waals surface area contributed by atoms with Crippen molar-refractivity contribution in [1.82, 2.24) is 0 Å². The Hall–Kier alpha value is -1.87. The van der Waals surface area contributed by atoms with Gasteiger partial charge >= 0.3 is 0 Å². The van der Waals surface area contributed by atoms with Gasteiger partial charge in [-0.15, -0.1) is 0 Å². The van der Waals surface area contributed by atoms with E-state index < -0.39 is 5.82 Å². The van der Waals surface area contributed by atoms with Gasteiger partial charge in [-0.25, -0.2) is 4.39 Å². The lowest BCUT2D eigenvalue weighted by Gasteiger charge is -2.12. The molecule has 0 bridgehead atoms. The maximum Gasteiger partial charge on any atom is 0.165 e. The molecular weight excluding hydrogens is 217 g/mol. The van der Waals surface area contributed by atoms with E-state index in [1.165, 1.54) is 12.1 Å². The number of phenols is 1. The summed E-state index contributed by atoms with van der Waals surface area (Å²) in [6.45, 7) is 0. The Bertz CT molecular complexity index is 499. The van der Waals surface area contributed by atoms with Crippen LogP contribution < -0.4 is 5.73 Å². The topological polar surface area (TPSA) is 46.2 Å². The molecule has 0 aliphatic rings. The summed E-state index contributed by atoms with van der Waals surface area (Å²) in [5.74, 6) is -0.940. The normalized spacial score (nSPS) is 12.4. The Labute approximate surface area is 99.5 Å². The highest BCUT2D eigenvalue weighted by molar-refractivity contribution is 5.30. The molecule has 0 aliphatic heterocycles. The van der Waals surface area contributed by atoms with E-state index in [2.05, 4.69) is 0 Å². The molecular formula is C14H14FNO. The van der Waals surface area contributed by atoms with Crippen molar-refractivity contribution in [1.29, 1.82) is 0 Å². The van der Waals surface area contributed by atoms with Crippen molar-refractivity contribution in [3.05, 3.63) is 65.5 Å². The minimum absolute atomic E-state index is 0.167. The zero-order valence-corrected chi connectivity index (χ0v) is 9.31. The van der Waals surface area contributed by atoms with E-state index in [1.54, 1.807) is 6.07 Å². The standard InChI is InChI=1S/C14H14FNO/c15-12-8-10(6-7-14(12)17)9-13(16)11-4-2-1-3-5-11/h1-8,13,17H,9,16H2. The van der Waals surface area contributed by atoms with E-state index in [4.69, 9.17) is 10.8 Å². The number of phenolic OH excluding ortho intramolecular Hbond substituents is 1. The van der Waals surface area contributed by atoms with Crippen LogP contribution in [-0.4, -0.2) is 5.11 Å². The van der Waals surface area contributed by atoms with Gasteiger partial charge in [-0.2, -0.15) is 0 Å². The van der Waals surface area contributed by atoms with Crippen LogP contribution in [0.1, 0.15) is 17.2 Å². The molecule has 0 heterocycles. The van der Waals surface area contributed by atoms with Gasteiger partial charge in [0.1, 0.15) is 0 Å². The molecule has 3 heteroatoms. The van der Waals surface area contributed by atoms with E-state index in [-0.39, 0.29) is 11.8 Å². The lowest BCUT2D eigenvalue weighted by atomic mass is 10.00. The number of hydrogen-bond donors (Lipinski definition) is 2. The molecule has 2 rings (SSSR count). The zero-order valence-electron chi connectivity index (χ0n) is 9.31. The second-order valence-electron chi connectivity index (χ2n) is 4.01. The average Bonchev–Trinajstić information content (AvgIpc) is 2.35. The molecule has 17 heavy (non-hydrogen) atoms. The monoisotopic (exact) mass is 231 g/mol. The first kappa shape index (κ1) is 11.6. The summed E-state index contributed by atoms with van der Waals surface area (Å²) in [6.07, 6.45) is 0.543. The van der Waals surface area contributed by atoms with Crippen molar-refractivity contribution in [2.24, 2.45) is 5.73 Å². The van der Waals surface area contributed by atoms with Gasteiger partial charge in [0.2, 0.25) is 0 Å².